The van der Waals surface area contributed by atoms with E-state index in [-0.39, 0.29) is 12.1 Å². The van der Waals surface area contributed by atoms with Gasteiger partial charge in [0, 0.05) is 12.1 Å². The Labute approximate surface area is 135 Å². The maximum atomic E-state index is 12.4. The van der Waals surface area contributed by atoms with Gasteiger partial charge in [-0.1, -0.05) is 54.6 Å². The van der Waals surface area contributed by atoms with E-state index in [1.165, 1.54) is 0 Å². The Hall–Kier alpha value is -2.94. The maximum absolute atomic E-state index is 12.4. The van der Waals surface area contributed by atoms with E-state index in [2.05, 4.69) is 0 Å². The second kappa shape index (κ2) is 7.36. The van der Waals surface area contributed by atoms with E-state index in [0.29, 0.717) is 12.1 Å². The number of carbonyl (C=O) groups is 1. The molecule has 3 nitrogen and oxygen atoms in total. The number of pyridine rings is 1. The Morgan fingerprint density at radius 2 is 1.39 bits per heavy atom. The van der Waals surface area contributed by atoms with Crippen molar-refractivity contribution in [3.05, 3.63) is 102 Å². The molecule has 0 amide bonds. The third-order valence-electron chi connectivity index (χ3n) is 3.58. The van der Waals surface area contributed by atoms with Gasteiger partial charge >= 0.3 is 5.97 Å². The molecule has 0 bridgehead atoms. The highest BCUT2D eigenvalue weighted by Crippen LogP contribution is 2.19. The lowest BCUT2D eigenvalue weighted by Crippen LogP contribution is -2.37. The fourth-order valence-corrected chi connectivity index (χ4v) is 2.40. The number of rotatable bonds is 5. The minimum absolute atomic E-state index is 0.309. The molecule has 1 heterocycles. The molecule has 3 heteroatoms. The van der Waals surface area contributed by atoms with Crippen LogP contribution in [0, 0.1) is 0 Å². The molecule has 114 valence electrons. The van der Waals surface area contributed by atoms with Gasteiger partial charge in [0.05, 0.1) is 5.56 Å². The van der Waals surface area contributed by atoms with Crippen molar-refractivity contribution in [3.8, 4) is 0 Å². The lowest BCUT2D eigenvalue weighted by molar-refractivity contribution is -0.704. The van der Waals surface area contributed by atoms with Gasteiger partial charge < -0.3 is 4.74 Å². The van der Waals surface area contributed by atoms with Crippen LogP contribution in [-0.4, -0.2) is 5.97 Å². The summed E-state index contributed by atoms with van der Waals surface area (Å²) < 4.78 is 7.78. The van der Waals surface area contributed by atoms with Gasteiger partial charge in [0.15, 0.2) is 25.0 Å². The summed E-state index contributed by atoms with van der Waals surface area (Å²) in [6.07, 6.45) is 3.59. The third-order valence-corrected chi connectivity index (χ3v) is 3.58. The molecule has 0 aliphatic rings. The molecule has 0 saturated carbocycles. The summed E-state index contributed by atoms with van der Waals surface area (Å²) in [6, 6.07) is 24.8. The number of ether oxygens (including phenoxy) is 1. The first-order chi connectivity index (χ1) is 11.3. The molecule has 0 radical (unpaired) electrons. The molecule has 0 fully saturated rings. The topological polar surface area (TPSA) is 30.2 Å². The van der Waals surface area contributed by atoms with Crippen molar-refractivity contribution in [1.82, 2.24) is 0 Å². The smallest absolute Gasteiger partial charge is 0.338 e. The van der Waals surface area contributed by atoms with E-state index in [4.69, 9.17) is 4.74 Å². The zero-order valence-corrected chi connectivity index (χ0v) is 12.7. The van der Waals surface area contributed by atoms with E-state index >= 15 is 0 Å². The van der Waals surface area contributed by atoms with E-state index in [1.807, 2.05) is 83.7 Å². The predicted octanol–water partition coefficient (Wildman–Crippen LogP) is 3.57. The molecule has 0 N–H and O–H groups in total. The molecule has 0 aliphatic carbocycles. The summed E-state index contributed by atoms with van der Waals surface area (Å²) in [6.45, 7) is 0.573. The Balaban J connectivity index is 1.82. The Morgan fingerprint density at radius 3 is 2.04 bits per heavy atom. The zero-order valence-electron chi connectivity index (χ0n) is 12.7. The van der Waals surface area contributed by atoms with Gasteiger partial charge in [0.25, 0.3) is 0 Å². The van der Waals surface area contributed by atoms with Crippen LogP contribution in [0.3, 0.4) is 0 Å². The average molecular weight is 304 g/mol. The lowest BCUT2D eigenvalue weighted by Gasteiger charge is -2.15. The summed E-state index contributed by atoms with van der Waals surface area (Å²) in [5, 5.41) is 0. The number of aromatic nitrogens is 1. The Kier molecular flexibility index (Phi) is 4.79. The quantitative estimate of drug-likeness (QED) is 0.533. The highest BCUT2D eigenvalue weighted by atomic mass is 16.5. The van der Waals surface area contributed by atoms with Gasteiger partial charge in [-0.25, -0.2) is 9.36 Å². The van der Waals surface area contributed by atoms with Gasteiger partial charge in [0.1, 0.15) is 0 Å². The first-order valence-electron chi connectivity index (χ1n) is 7.58. The molecular weight excluding hydrogens is 286 g/mol. The van der Waals surface area contributed by atoms with E-state index in [0.717, 1.165) is 5.56 Å². The average Bonchev–Trinajstić information content (AvgIpc) is 2.63. The molecular formula is C20H18NO2+. The van der Waals surface area contributed by atoms with Crippen LogP contribution in [0.5, 0.6) is 0 Å². The summed E-state index contributed by atoms with van der Waals surface area (Å²) in [5.41, 5.74) is 1.54. The van der Waals surface area contributed by atoms with Crippen LogP contribution in [0.4, 0.5) is 0 Å². The fraction of sp³-hybridized carbons (Fsp3) is 0.100. The molecule has 1 unspecified atom stereocenters. The summed E-state index contributed by atoms with van der Waals surface area (Å²) >= 11 is 0. The van der Waals surface area contributed by atoms with Crippen LogP contribution in [-0.2, 0) is 11.3 Å². The van der Waals surface area contributed by atoms with Crippen molar-refractivity contribution < 1.29 is 14.1 Å². The molecule has 0 aliphatic heterocycles. The molecule has 3 rings (SSSR count). The second-order valence-corrected chi connectivity index (χ2v) is 5.24. The minimum Gasteiger partial charge on any atom is -0.447 e. The van der Waals surface area contributed by atoms with Gasteiger partial charge in [0.2, 0.25) is 0 Å². The van der Waals surface area contributed by atoms with Crippen LogP contribution in [0.15, 0.2) is 91.3 Å². The van der Waals surface area contributed by atoms with Crippen molar-refractivity contribution in [2.75, 3.05) is 0 Å². The zero-order chi connectivity index (χ0) is 15.9. The SMILES string of the molecule is O=C(OC(C[n+]1ccccc1)c1ccccc1)c1ccccc1. The second-order valence-electron chi connectivity index (χ2n) is 5.24. The molecule has 23 heavy (non-hydrogen) atoms. The fourth-order valence-electron chi connectivity index (χ4n) is 2.40. The van der Waals surface area contributed by atoms with Crippen molar-refractivity contribution in [2.24, 2.45) is 0 Å². The summed E-state index contributed by atoms with van der Waals surface area (Å²) in [4.78, 5) is 12.4. The van der Waals surface area contributed by atoms with Gasteiger partial charge in [-0.15, -0.1) is 0 Å². The standard InChI is InChI=1S/C20H18NO2/c22-20(18-12-6-2-7-13-18)23-19(17-10-4-1-5-11-17)16-21-14-8-3-9-15-21/h1-15,19H,16H2/q+1. The van der Waals surface area contributed by atoms with Crippen LogP contribution < -0.4 is 4.57 Å². The van der Waals surface area contributed by atoms with Gasteiger partial charge in [-0.3, -0.25) is 0 Å². The number of hydrogen-bond donors (Lipinski definition) is 0. The third kappa shape index (κ3) is 4.04. The van der Waals surface area contributed by atoms with E-state index < -0.39 is 0 Å². The number of hydrogen-bond acceptors (Lipinski definition) is 2. The monoisotopic (exact) mass is 304 g/mol. The van der Waals surface area contributed by atoms with Crippen molar-refractivity contribution in [2.45, 2.75) is 12.6 Å². The van der Waals surface area contributed by atoms with E-state index in [9.17, 15) is 4.79 Å². The van der Waals surface area contributed by atoms with E-state index in [1.54, 1.807) is 12.1 Å². The number of esters is 1. The predicted molar refractivity (Wildman–Crippen MR) is 87.7 cm³/mol. The van der Waals surface area contributed by atoms with Crippen LogP contribution in [0.25, 0.3) is 0 Å². The number of benzene rings is 2. The number of nitrogens with zero attached hydrogens (tertiary/aromatic N) is 1. The molecule has 1 aromatic heterocycles. The number of carbonyl (C=O) groups excluding carboxylic acids is 1. The van der Waals surface area contributed by atoms with Crippen LogP contribution >= 0.6 is 0 Å². The lowest BCUT2D eigenvalue weighted by atomic mass is 10.1. The Morgan fingerprint density at radius 1 is 0.826 bits per heavy atom. The van der Waals surface area contributed by atoms with Gasteiger partial charge in [-0.05, 0) is 17.7 Å². The molecule has 1 atom stereocenters. The van der Waals surface area contributed by atoms with Crippen LogP contribution in [0.2, 0.25) is 0 Å². The van der Waals surface area contributed by atoms with Crippen molar-refractivity contribution in [3.63, 3.8) is 0 Å². The van der Waals surface area contributed by atoms with Gasteiger partial charge in [-0.2, -0.15) is 0 Å². The molecule has 0 saturated heterocycles. The minimum atomic E-state index is -0.337. The molecule has 3 aromatic rings. The summed E-state index contributed by atoms with van der Waals surface area (Å²) in [5.74, 6) is -0.309. The summed E-state index contributed by atoms with van der Waals surface area (Å²) in [7, 11) is 0. The largest absolute Gasteiger partial charge is 0.447 e. The highest BCUT2D eigenvalue weighted by Gasteiger charge is 2.21. The molecule has 2 aromatic carbocycles. The highest BCUT2D eigenvalue weighted by molar-refractivity contribution is 5.89. The first kappa shape index (κ1) is 15.0. The maximum Gasteiger partial charge on any atom is 0.338 e. The van der Waals surface area contributed by atoms with Crippen molar-refractivity contribution >= 4 is 5.97 Å². The molecule has 0 spiro atoms. The normalized spacial score (nSPS) is 11.7. The van der Waals surface area contributed by atoms with Crippen molar-refractivity contribution in [1.29, 1.82) is 0 Å². The first-order valence-corrected chi connectivity index (χ1v) is 7.58. The van der Waals surface area contributed by atoms with Crippen LogP contribution in [0.1, 0.15) is 22.0 Å². The Bertz CT molecular complexity index is 742.